The molecule has 0 radical (unpaired) electrons. The van der Waals surface area contributed by atoms with Crippen LogP contribution in [0.3, 0.4) is 0 Å². The standard InChI is InChI=1S/C15H31N3O/c1-4-14(12-16)11-15(19)18-9-7-17(8-10-18)6-5-13(2)3/h13-14H,4-12,16H2,1-3H3. The largest absolute Gasteiger partial charge is 0.340 e. The van der Waals surface area contributed by atoms with Gasteiger partial charge in [0.15, 0.2) is 0 Å². The Morgan fingerprint density at radius 3 is 2.32 bits per heavy atom. The molecule has 1 amide bonds. The highest BCUT2D eigenvalue weighted by Gasteiger charge is 2.22. The maximum absolute atomic E-state index is 12.2. The summed E-state index contributed by atoms with van der Waals surface area (Å²) in [5.74, 6) is 1.40. The minimum absolute atomic E-state index is 0.292. The zero-order valence-corrected chi connectivity index (χ0v) is 12.9. The van der Waals surface area contributed by atoms with Crippen LogP contribution in [0.15, 0.2) is 0 Å². The van der Waals surface area contributed by atoms with E-state index in [-0.39, 0.29) is 0 Å². The van der Waals surface area contributed by atoms with Gasteiger partial charge in [-0.3, -0.25) is 9.69 Å². The Bertz CT molecular complexity index is 256. The summed E-state index contributed by atoms with van der Waals surface area (Å²) in [6.07, 6.45) is 2.87. The molecule has 0 aromatic carbocycles. The smallest absolute Gasteiger partial charge is 0.222 e. The minimum Gasteiger partial charge on any atom is -0.340 e. The summed E-state index contributed by atoms with van der Waals surface area (Å²) < 4.78 is 0. The number of carbonyl (C=O) groups excluding carboxylic acids is 1. The van der Waals surface area contributed by atoms with Crippen LogP contribution >= 0.6 is 0 Å². The van der Waals surface area contributed by atoms with Gasteiger partial charge >= 0.3 is 0 Å². The fourth-order valence-corrected chi connectivity index (χ4v) is 2.43. The summed E-state index contributed by atoms with van der Waals surface area (Å²) in [6.45, 7) is 12.2. The number of nitrogens with zero attached hydrogens (tertiary/aromatic N) is 2. The molecule has 1 fully saturated rings. The van der Waals surface area contributed by atoms with Crippen LogP contribution in [0.4, 0.5) is 0 Å². The number of carbonyl (C=O) groups is 1. The third-order valence-electron chi connectivity index (χ3n) is 4.12. The molecule has 0 bridgehead atoms. The van der Waals surface area contributed by atoms with Gasteiger partial charge in [-0.25, -0.2) is 0 Å². The Hall–Kier alpha value is -0.610. The Balaban J connectivity index is 2.27. The lowest BCUT2D eigenvalue weighted by Crippen LogP contribution is -2.49. The van der Waals surface area contributed by atoms with Crippen LogP contribution in [0.2, 0.25) is 0 Å². The van der Waals surface area contributed by atoms with Crippen molar-refractivity contribution in [1.82, 2.24) is 9.80 Å². The van der Waals surface area contributed by atoms with E-state index >= 15 is 0 Å². The number of amides is 1. The van der Waals surface area contributed by atoms with E-state index in [0.29, 0.717) is 24.8 Å². The number of rotatable bonds is 7. The van der Waals surface area contributed by atoms with Crippen molar-refractivity contribution >= 4 is 5.91 Å². The Kier molecular flexibility index (Phi) is 7.39. The zero-order chi connectivity index (χ0) is 14.3. The first kappa shape index (κ1) is 16.4. The molecule has 19 heavy (non-hydrogen) atoms. The van der Waals surface area contributed by atoms with Crippen molar-refractivity contribution in [3.8, 4) is 0 Å². The number of hydrogen-bond acceptors (Lipinski definition) is 3. The monoisotopic (exact) mass is 269 g/mol. The molecular weight excluding hydrogens is 238 g/mol. The molecule has 0 spiro atoms. The van der Waals surface area contributed by atoms with E-state index < -0.39 is 0 Å². The second kappa shape index (κ2) is 8.54. The quantitative estimate of drug-likeness (QED) is 0.763. The SMILES string of the molecule is CCC(CN)CC(=O)N1CCN(CCC(C)C)CC1. The maximum Gasteiger partial charge on any atom is 0.222 e. The molecule has 0 saturated carbocycles. The van der Waals surface area contributed by atoms with Crippen LogP contribution in [-0.2, 0) is 4.79 Å². The minimum atomic E-state index is 0.292. The number of nitrogens with two attached hydrogens (primary N) is 1. The molecule has 1 aliphatic heterocycles. The van der Waals surface area contributed by atoms with Gasteiger partial charge in [0.1, 0.15) is 0 Å². The van der Waals surface area contributed by atoms with Crippen molar-refractivity contribution < 1.29 is 4.79 Å². The molecule has 1 atom stereocenters. The molecule has 2 N–H and O–H groups in total. The van der Waals surface area contributed by atoms with Crippen LogP contribution in [0.5, 0.6) is 0 Å². The first-order valence-electron chi connectivity index (χ1n) is 7.77. The number of piperazine rings is 1. The highest BCUT2D eigenvalue weighted by atomic mass is 16.2. The van der Waals surface area contributed by atoms with E-state index in [1.54, 1.807) is 0 Å². The molecule has 1 rings (SSSR count). The maximum atomic E-state index is 12.2. The second-order valence-corrected chi connectivity index (χ2v) is 6.12. The fourth-order valence-electron chi connectivity index (χ4n) is 2.43. The molecule has 0 aliphatic carbocycles. The van der Waals surface area contributed by atoms with Crippen molar-refractivity contribution in [3.63, 3.8) is 0 Å². The van der Waals surface area contributed by atoms with E-state index in [2.05, 4.69) is 25.7 Å². The van der Waals surface area contributed by atoms with Gasteiger partial charge < -0.3 is 10.6 Å². The Morgan fingerprint density at radius 2 is 1.84 bits per heavy atom. The predicted molar refractivity (Wildman–Crippen MR) is 79.9 cm³/mol. The van der Waals surface area contributed by atoms with Crippen LogP contribution in [0, 0.1) is 11.8 Å². The van der Waals surface area contributed by atoms with Gasteiger partial charge in [-0.05, 0) is 31.3 Å². The molecule has 0 aromatic rings. The molecule has 112 valence electrons. The average molecular weight is 269 g/mol. The van der Waals surface area contributed by atoms with Crippen LogP contribution in [-0.4, -0.2) is 55.0 Å². The van der Waals surface area contributed by atoms with Gasteiger partial charge in [0.25, 0.3) is 0 Å². The molecule has 1 saturated heterocycles. The lowest BCUT2D eigenvalue weighted by Gasteiger charge is -2.35. The Labute approximate surface area is 118 Å². The highest BCUT2D eigenvalue weighted by molar-refractivity contribution is 5.76. The van der Waals surface area contributed by atoms with Gasteiger partial charge in [0, 0.05) is 32.6 Å². The zero-order valence-electron chi connectivity index (χ0n) is 12.9. The molecule has 4 nitrogen and oxygen atoms in total. The molecular formula is C15H31N3O. The van der Waals surface area contributed by atoms with Crippen LogP contribution in [0.1, 0.15) is 40.0 Å². The summed E-state index contributed by atoms with van der Waals surface area (Å²) in [5, 5.41) is 0. The first-order chi connectivity index (χ1) is 9.06. The van der Waals surface area contributed by atoms with E-state index in [1.165, 1.54) is 13.0 Å². The van der Waals surface area contributed by atoms with Crippen molar-refractivity contribution in [2.45, 2.75) is 40.0 Å². The normalized spacial score (nSPS) is 18.9. The van der Waals surface area contributed by atoms with Gasteiger partial charge in [-0.2, -0.15) is 0 Å². The summed E-state index contributed by atoms with van der Waals surface area (Å²) in [7, 11) is 0. The summed E-state index contributed by atoms with van der Waals surface area (Å²) >= 11 is 0. The van der Waals surface area contributed by atoms with Crippen LogP contribution < -0.4 is 5.73 Å². The molecule has 4 heteroatoms. The van der Waals surface area contributed by atoms with Gasteiger partial charge in [0.05, 0.1) is 0 Å². The Morgan fingerprint density at radius 1 is 1.21 bits per heavy atom. The van der Waals surface area contributed by atoms with Gasteiger partial charge in [0.2, 0.25) is 5.91 Å². The molecule has 1 aliphatic rings. The van der Waals surface area contributed by atoms with Gasteiger partial charge in [-0.1, -0.05) is 27.2 Å². The second-order valence-electron chi connectivity index (χ2n) is 6.12. The lowest BCUT2D eigenvalue weighted by atomic mass is 10.0. The third kappa shape index (κ3) is 5.91. The van der Waals surface area contributed by atoms with E-state index in [9.17, 15) is 4.79 Å². The van der Waals surface area contributed by atoms with E-state index in [0.717, 1.165) is 38.5 Å². The first-order valence-corrected chi connectivity index (χ1v) is 7.77. The molecule has 1 heterocycles. The highest BCUT2D eigenvalue weighted by Crippen LogP contribution is 2.12. The molecule has 1 unspecified atom stereocenters. The summed E-state index contributed by atoms with van der Waals surface area (Å²) in [4.78, 5) is 16.6. The van der Waals surface area contributed by atoms with Crippen molar-refractivity contribution in [2.24, 2.45) is 17.6 Å². The average Bonchev–Trinajstić information content (AvgIpc) is 2.42. The van der Waals surface area contributed by atoms with Crippen molar-refractivity contribution in [3.05, 3.63) is 0 Å². The van der Waals surface area contributed by atoms with Crippen molar-refractivity contribution in [2.75, 3.05) is 39.3 Å². The fraction of sp³-hybridized carbons (Fsp3) is 0.933. The number of hydrogen-bond donors (Lipinski definition) is 1. The third-order valence-corrected chi connectivity index (χ3v) is 4.12. The topological polar surface area (TPSA) is 49.6 Å². The van der Waals surface area contributed by atoms with Crippen molar-refractivity contribution in [1.29, 1.82) is 0 Å². The molecule has 0 aromatic heterocycles. The van der Waals surface area contributed by atoms with Gasteiger partial charge in [-0.15, -0.1) is 0 Å². The summed E-state index contributed by atoms with van der Waals surface area (Å²) in [6, 6.07) is 0. The predicted octanol–water partition coefficient (Wildman–Crippen LogP) is 1.55. The van der Waals surface area contributed by atoms with E-state index in [4.69, 9.17) is 5.73 Å². The summed E-state index contributed by atoms with van der Waals surface area (Å²) in [5.41, 5.74) is 5.67. The van der Waals surface area contributed by atoms with Crippen LogP contribution in [0.25, 0.3) is 0 Å². The lowest BCUT2D eigenvalue weighted by molar-refractivity contribution is -0.133. The van der Waals surface area contributed by atoms with E-state index in [1.807, 2.05) is 4.90 Å².